The first-order chi connectivity index (χ1) is 15.8. The highest BCUT2D eigenvalue weighted by Gasteiger charge is 2.53. The van der Waals surface area contributed by atoms with Crippen molar-refractivity contribution in [2.75, 3.05) is 26.2 Å². The van der Waals surface area contributed by atoms with Crippen LogP contribution in [0.4, 0.5) is 4.79 Å². The zero-order valence-electron chi connectivity index (χ0n) is 21.6. The highest BCUT2D eigenvalue weighted by molar-refractivity contribution is 6.62. The van der Waals surface area contributed by atoms with E-state index >= 15 is 0 Å². The molecule has 4 heterocycles. The topological polar surface area (TPSA) is 92.9 Å². The molecule has 3 fully saturated rings. The minimum Gasteiger partial charge on any atom is -0.444 e. The largest absolute Gasteiger partial charge is 0.498 e. The van der Waals surface area contributed by atoms with Crippen LogP contribution < -0.4 is 5.46 Å². The second kappa shape index (κ2) is 8.54. The highest BCUT2D eigenvalue weighted by atomic mass is 16.7. The summed E-state index contributed by atoms with van der Waals surface area (Å²) < 4.78 is 19.8. The average Bonchev–Trinajstić information content (AvgIpc) is 3.26. The molecule has 0 aliphatic carbocycles. The first-order valence-electron chi connectivity index (χ1n) is 12.2. The van der Waals surface area contributed by atoms with Crippen molar-refractivity contribution >= 4 is 18.7 Å². The Morgan fingerprint density at radius 1 is 1.21 bits per heavy atom. The lowest BCUT2D eigenvalue weighted by Crippen LogP contribution is -2.66. The lowest BCUT2D eigenvalue weighted by atomic mass is 9.81. The Balaban J connectivity index is 1.37. The van der Waals surface area contributed by atoms with Crippen LogP contribution in [-0.2, 0) is 19.6 Å². The number of amides is 1. The minimum absolute atomic E-state index is 0.236. The van der Waals surface area contributed by atoms with Crippen molar-refractivity contribution < 1.29 is 18.8 Å². The molecule has 10 heteroatoms. The van der Waals surface area contributed by atoms with Crippen LogP contribution in [0.25, 0.3) is 0 Å². The molecule has 34 heavy (non-hydrogen) atoms. The fraction of sp³-hybridized carbons (Fsp3) is 0.792. The monoisotopic (exact) mass is 471 g/mol. The van der Waals surface area contributed by atoms with Gasteiger partial charge < -0.3 is 18.9 Å². The van der Waals surface area contributed by atoms with Gasteiger partial charge in [0.05, 0.1) is 23.7 Å². The molecule has 3 aliphatic rings. The van der Waals surface area contributed by atoms with Crippen molar-refractivity contribution in [2.24, 2.45) is 0 Å². The molecule has 1 amide bonds. The molecule has 0 bridgehead atoms. The fourth-order valence-corrected chi connectivity index (χ4v) is 4.89. The maximum Gasteiger partial charge on any atom is 0.498 e. The van der Waals surface area contributed by atoms with E-state index in [4.69, 9.17) is 14.0 Å². The molecular weight excluding hydrogens is 433 g/mol. The molecular formula is C24H38BN5O4. The van der Waals surface area contributed by atoms with Gasteiger partial charge in [-0.05, 0) is 61.3 Å². The van der Waals surface area contributed by atoms with Gasteiger partial charge in [-0.3, -0.25) is 9.58 Å². The Bertz CT molecular complexity index is 933. The molecule has 0 unspecified atom stereocenters. The van der Waals surface area contributed by atoms with Crippen LogP contribution in [0.1, 0.15) is 67.7 Å². The zero-order chi connectivity index (χ0) is 24.9. The number of nitriles is 1. The van der Waals surface area contributed by atoms with Gasteiger partial charge in [-0.1, -0.05) is 0 Å². The molecule has 0 N–H and O–H groups in total. The maximum atomic E-state index is 12.4. The van der Waals surface area contributed by atoms with Crippen molar-refractivity contribution in [1.29, 1.82) is 5.26 Å². The molecule has 0 radical (unpaired) electrons. The van der Waals surface area contributed by atoms with Gasteiger partial charge in [-0.25, -0.2) is 4.79 Å². The van der Waals surface area contributed by atoms with Crippen LogP contribution in [0.3, 0.4) is 0 Å². The summed E-state index contributed by atoms with van der Waals surface area (Å²) in [5.74, 6) is 0. The second-order valence-electron chi connectivity index (χ2n) is 12.0. The summed E-state index contributed by atoms with van der Waals surface area (Å²) in [6.07, 6.45) is 5.73. The Morgan fingerprint density at radius 2 is 1.79 bits per heavy atom. The molecule has 0 aromatic carbocycles. The maximum absolute atomic E-state index is 12.4. The van der Waals surface area contributed by atoms with E-state index in [-0.39, 0.29) is 11.6 Å². The van der Waals surface area contributed by atoms with Gasteiger partial charge in [0.25, 0.3) is 0 Å². The summed E-state index contributed by atoms with van der Waals surface area (Å²) in [4.78, 5) is 16.6. The molecule has 1 aromatic heterocycles. The van der Waals surface area contributed by atoms with Crippen LogP contribution in [0.15, 0.2) is 12.4 Å². The molecule has 3 saturated heterocycles. The van der Waals surface area contributed by atoms with Gasteiger partial charge in [0, 0.05) is 50.1 Å². The summed E-state index contributed by atoms with van der Waals surface area (Å²) in [5.41, 5.74) is -0.777. The lowest BCUT2D eigenvalue weighted by molar-refractivity contribution is -0.0456. The van der Waals surface area contributed by atoms with Crippen LogP contribution >= 0.6 is 0 Å². The van der Waals surface area contributed by atoms with Gasteiger partial charge in [0.15, 0.2) is 0 Å². The number of piperidine rings is 1. The van der Waals surface area contributed by atoms with E-state index < -0.39 is 23.9 Å². The third-order valence-electron chi connectivity index (χ3n) is 7.65. The molecule has 0 spiro atoms. The van der Waals surface area contributed by atoms with E-state index in [1.165, 1.54) is 0 Å². The number of carbonyl (C=O) groups is 1. The summed E-state index contributed by atoms with van der Waals surface area (Å²) >= 11 is 0. The van der Waals surface area contributed by atoms with E-state index in [2.05, 4.69) is 16.1 Å². The van der Waals surface area contributed by atoms with Crippen LogP contribution in [0, 0.1) is 11.3 Å². The second-order valence-corrected chi connectivity index (χ2v) is 12.0. The number of likely N-dealkylation sites (tertiary alicyclic amines) is 2. The number of aromatic nitrogens is 2. The van der Waals surface area contributed by atoms with Crippen LogP contribution in [0.2, 0.25) is 0 Å². The van der Waals surface area contributed by atoms with Crippen LogP contribution in [-0.4, -0.2) is 81.8 Å². The molecule has 3 aliphatic heterocycles. The third kappa shape index (κ3) is 4.70. The van der Waals surface area contributed by atoms with Crippen molar-refractivity contribution in [3.8, 4) is 6.07 Å². The van der Waals surface area contributed by atoms with Crippen LogP contribution in [0.5, 0.6) is 0 Å². The third-order valence-corrected chi connectivity index (χ3v) is 7.65. The average molecular weight is 471 g/mol. The molecule has 186 valence electrons. The Morgan fingerprint density at radius 3 is 2.32 bits per heavy atom. The van der Waals surface area contributed by atoms with Crippen molar-refractivity contribution in [1.82, 2.24) is 19.6 Å². The van der Waals surface area contributed by atoms with Crippen molar-refractivity contribution in [3.63, 3.8) is 0 Å². The zero-order valence-corrected chi connectivity index (χ0v) is 21.6. The SMILES string of the molecule is CC(C)(C)OC(=O)N1CCC(N2CC(CC#N)(n3cc(B4OC(C)(C)C(C)(C)O4)cn3)C2)CC1. The highest BCUT2D eigenvalue weighted by Crippen LogP contribution is 2.38. The number of nitrogens with zero attached hydrogens (tertiary/aromatic N) is 5. The standard InChI is InChI=1S/C24H38BN5O4/c1-21(2,3)32-20(31)28-12-8-19(9-13-28)29-16-24(17-29,10-11-26)30-15-18(14-27-30)25-33-22(4,5)23(6,7)34-25/h14-15,19H,8-10,12-13,16-17H2,1-7H3. The summed E-state index contributed by atoms with van der Waals surface area (Å²) in [7, 11) is -0.466. The van der Waals surface area contributed by atoms with Gasteiger partial charge in [-0.15, -0.1) is 0 Å². The number of hydrogen-bond acceptors (Lipinski definition) is 7. The first kappa shape index (κ1) is 25.0. The molecule has 9 nitrogen and oxygen atoms in total. The van der Waals surface area contributed by atoms with Gasteiger partial charge >= 0.3 is 13.2 Å². The molecule has 0 saturated carbocycles. The summed E-state index contributed by atoms with van der Waals surface area (Å²) in [5, 5.41) is 14.2. The van der Waals surface area contributed by atoms with E-state index in [0.717, 1.165) is 31.4 Å². The molecule has 0 atom stereocenters. The van der Waals surface area contributed by atoms with Crippen molar-refractivity contribution in [2.45, 2.75) is 96.1 Å². The lowest BCUT2D eigenvalue weighted by Gasteiger charge is -2.53. The van der Waals surface area contributed by atoms with E-state index in [0.29, 0.717) is 25.6 Å². The van der Waals surface area contributed by atoms with E-state index in [1.807, 2.05) is 59.3 Å². The van der Waals surface area contributed by atoms with E-state index in [1.54, 1.807) is 11.1 Å². The van der Waals surface area contributed by atoms with Gasteiger partial charge in [-0.2, -0.15) is 10.4 Å². The summed E-state index contributed by atoms with van der Waals surface area (Å²) in [6.45, 7) is 16.7. The quantitative estimate of drug-likeness (QED) is 0.623. The predicted octanol–water partition coefficient (Wildman–Crippen LogP) is 2.51. The smallest absolute Gasteiger partial charge is 0.444 e. The van der Waals surface area contributed by atoms with Gasteiger partial charge in [0.1, 0.15) is 11.1 Å². The fourth-order valence-electron chi connectivity index (χ4n) is 4.89. The van der Waals surface area contributed by atoms with Gasteiger partial charge in [0.2, 0.25) is 0 Å². The number of hydrogen-bond donors (Lipinski definition) is 0. The molecule has 4 rings (SSSR count). The minimum atomic E-state index is -0.481. The Kier molecular flexibility index (Phi) is 6.29. The Labute approximate surface area is 203 Å². The summed E-state index contributed by atoms with van der Waals surface area (Å²) in [6, 6.07) is 2.75. The Hall–Kier alpha value is -2.09. The number of rotatable bonds is 4. The first-order valence-corrected chi connectivity index (χ1v) is 12.2. The van der Waals surface area contributed by atoms with E-state index in [9.17, 15) is 10.1 Å². The number of carbonyl (C=O) groups excluding carboxylic acids is 1. The number of ether oxygens (including phenoxy) is 1. The normalized spacial score (nSPS) is 24.5. The molecule has 1 aromatic rings. The predicted molar refractivity (Wildman–Crippen MR) is 129 cm³/mol. The van der Waals surface area contributed by atoms with Crippen molar-refractivity contribution in [3.05, 3.63) is 12.4 Å².